The summed E-state index contributed by atoms with van der Waals surface area (Å²) in [5.41, 5.74) is 2.83. The molecule has 0 fully saturated rings. The van der Waals surface area contributed by atoms with Crippen molar-refractivity contribution in [2.24, 2.45) is 0 Å². The van der Waals surface area contributed by atoms with Gasteiger partial charge < -0.3 is 15.0 Å². The fraction of sp³-hybridized carbons (Fsp3) is 0.304. The summed E-state index contributed by atoms with van der Waals surface area (Å²) in [6.45, 7) is 2.12. The van der Waals surface area contributed by atoms with Crippen LogP contribution in [0.25, 0.3) is 22.4 Å². The van der Waals surface area contributed by atoms with Crippen LogP contribution < -0.4 is 5.32 Å². The lowest BCUT2D eigenvalue weighted by Gasteiger charge is -2.15. The number of aromatic nitrogens is 6. The highest BCUT2D eigenvalue weighted by Crippen LogP contribution is 2.26. The highest BCUT2D eigenvalue weighted by molar-refractivity contribution is 6.08. The molecule has 1 atom stereocenters. The molecule has 0 aliphatic heterocycles. The Bertz CT molecular complexity index is 1250. The van der Waals surface area contributed by atoms with E-state index in [2.05, 4.69) is 37.8 Å². The van der Waals surface area contributed by atoms with Crippen LogP contribution in [-0.4, -0.2) is 47.2 Å². The van der Waals surface area contributed by atoms with Crippen LogP contribution in [0.2, 0.25) is 0 Å². The van der Waals surface area contributed by atoms with E-state index in [1.807, 2.05) is 0 Å². The van der Waals surface area contributed by atoms with Crippen molar-refractivity contribution in [3.05, 3.63) is 54.4 Å². The lowest BCUT2D eigenvalue weighted by Crippen LogP contribution is -2.18. The molecule has 0 saturated carbocycles. The number of tetrazole rings is 1. The number of aromatic amines is 1. The summed E-state index contributed by atoms with van der Waals surface area (Å²) in [5.74, 6) is -0.872. The topological polar surface area (TPSA) is 139 Å². The largest absolute Gasteiger partial charge is 0.480 e. The number of hydrogen-bond donors (Lipinski definition) is 3. The first-order valence-corrected chi connectivity index (χ1v) is 10.9. The maximum atomic E-state index is 12.9. The summed E-state index contributed by atoms with van der Waals surface area (Å²) in [5, 5.41) is 26.5. The zero-order valence-corrected chi connectivity index (χ0v) is 18.2. The van der Waals surface area contributed by atoms with Crippen molar-refractivity contribution in [3.63, 3.8) is 0 Å². The van der Waals surface area contributed by atoms with Gasteiger partial charge in [-0.15, -0.1) is 10.2 Å². The van der Waals surface area contributed by atoms with Gasteiger partial charge in [-0.3, -0.25) is 4.79 Å². The summed E-state index contributed by atoms with van der Waals surface area (Å²) >= 11 is 0. The summed E-state index contributed by atoms with van der Waals surface area (Å²) in [7, 11) is 0. The number of aliphatic carboxylic acids is 1. The minimum atomic E-state index is -0.874. The van der Waals surface area contributed by atoms with E-state index >= 15 is 0 Å². The van der Waals surface area contributed by atoms with Gasteiger partial charge in [-0.2, -0.15) is 5.21 Å². The maximum Gasteiger partial charge on any atom is 0.326 e. The number of carboxylic acids is 1. The van der Waals surface area contributed by atoms with Gasteiger partial charge in [-0.05, 0) is 35.9 Å². The lowest BCUT2D eigenvalue weighted by molar-refractivity contribution is -0.141. The number of benzene rings is 2. The smallest absolute Gasteiger partial charge is 0.326 e. The Morgan fingerprint density at radius 2 is 2.00 bits per heavy atom. The quantitative estimate of drug-likeness (QED) is 0.311. The second-order valence-corrected chi connectivity index (χ2v) is 7.79. The summed E-state index contributed by atoms with van der Waals surface area (Å²) in [4.78, 5) is 29.2. The van der Waals surface area contributed by atoms with E-state index in [4.69, 9.17) is 0 Å². The molecule has 10 heteroatoms. The molecule has 2 aromatic heterocycles. The number of unbranched alkanes of at least 4 members (excludes halogenated alkanes) is 3. The fourth-order valence-corrected chi connectivity index (χ4v) is 3.85. The van der Waals surface area contributed by atoms with Crippen molar-refractivity contribution in [1.82, 2.24) is 30.2 Å². The molecule has 3 N–H and O–H groups in total. The van der Waals surface area contributed by atoms with Gasteiger partial charge in [0, 0.05) is 11.3 Å². The number of H-pyrrole nitrogens is 1. The molecule has 10 nitrogen and oxygen atoms in total. The summed E-state index contributed by atoms with van der Waals surface area (Å²) < 4.78 is 1.70. The minimum absolute atomic E-state index is 0.325. The number of hydrogen-bond acceptors (Lipinski definition) is 6. The average molecular weight is 447 g/mol. The predicted molar refractivity (Wildman–Crippen MR) is 123 cm³/mol. The number of carbonyl (C=O) groups excluding carboxylic acids is 1. The Morgan fingerprint density at radius 3 is 2.76 bits per heavy atom. The van der Waals surface area contributed by atoms with E-state index in [0.29, 0.717) is 40.1 Å². The molecule has 170 valence electrons. The summed E-state index contributed by atoms with van der Waals surface area (Å²) in [6.07, 6.45) is 6.15. The van der Waals surface area contributed by atoms with Crippen LogP contribution in [0.15, 0.2) is 48.8 Å². The normalized spacial score (nSPS) is 12.0. The van der Waals surface area contributed by atoms with Crippen LogP contribution in [0.1, 0.15) is 55.4 Å². The third kappa shape index (κ3) is 4.89. The molecule has 2 aromatic carbocycles. The highest BCUT2D eigenvalue weighted by atomic mass is 16.4. The third-order valence-electron chi connectivity index (χ3n) is 5.54. The van der Waals surface area contributed by atoms with Gasteiger partial charge in [0.05, 0.1) is 22.9 Å². The molecule has 0 spiro atoms. The van der Waals surface area contributed by atoms with Gasteiger partial charge in [0.2, 0.25) is 5.82 Å². The van der Waals surface area contributed by atoms with Gasteiger partial charge in [-0.1, -0.05) is 50.8 Å². The Morgan fingerprint density at radius 1 is 1.15 bits per heavy atom. The van der Waals surface area contributed by atoms with E-state index in [1.54, 1.807) is 53.4 Å². The second-order valence-electron chi connectivity index (χ2n) is 7.79. The molecule has 0 aliphatic rings. The Kier molecular flexibility index (Phi) is 6.72. The number of amides is 1. The molecular weight excluding hydrogens is 422 g/mol. The lowest BCUT2D eigenvalue weighted by atomic mass is 10.1. The van der Waals surface area contributed by atoms with Crippen molar-refractivity contribution < 1.29 is 14.7 Å². The number of rotatable bonds is 10. The van der Waals surface area contributed by atoms with E-state index in [-0.39, 0.29) is 5.91 Å². The average Bonchev–Trinajstić information content (AvgIpc) is 3.49. The number of nitrogens with zero attached hydrogens (tertiary/aromatic N) is 5. The van der Waals surface area contributed by atoms with Crippen molar-refractivity contribution in [2.75, 3.05) is 5.32 Å². The maximum absolute atomic E-state index is 12.9. The van der Waals surface area contributed by atoms with Crippen LogP contribution in [0.5, 0.6) is 0 Å². The molecule has 0 radical (unpaired) electrons. The van der Waals surface area contributed by atoms with Crippen LogP contribution >= 0.6 is 0 Å². The van der Waals surface area contributed by atoms with Gasteiger partial charge in [0.15, 0.2) is 0 Å². The third-order valence-corrected chi connectivity index (χ3v) is 5.54. The SMILES string of the molecule is CCCCCCC(C(=O)O)n1cnc2cc(NC(=O)c3ccccc3-c3nn[nH]n3)ccc21. The number of nitrogens with one attached hydrogen (secondary N) is 2. The molecule has 4 aromatic rings. The molecule has 0 aliphatic carbocycles. The van der Waals surface area contributed by atoms with Crippen molar-refractivity contribution in [2.45, 2.75) is 45.1 Å². The number of carboxylic acid groups (broad SMARTS) is 1. The second kappa shape index (κ2) is 10.0. The molecule has 33 heavy (non-hydrogen) atoms. The van der Waals surface area contributed by atoms with E-state index in [0.717, 1.165) is 25.7 Å². The van der Waals surface area contributed by atoms with Crippen molar-refractivity contribution >= 4 is 28.6 Å². The summed E-state index contributed by atoms with van der Waals surface area (Å²) in [6, 6.07) is 11.6. The first kappa shape index (κ1) is 22.1. The molecule has 1 amide bonds. The van der Waals surface area contributed by atoms with E-state index in [9.17, 15) is 14.7 Å². The number of carbonyl (C=O) groups is 2. The van der Waals surface area contributed by atoms with Gasteiger partial charge >= 0.3 is 5.97 Å². The zero-order chi connectivity index (χ0) is 23.2. The monoisotopic (exact) mass is 447 g/mol. The van der Waals surface area contributed by atoms with Crippen LogP contribution in [0.3, 0.4) is 0 Å². The van der Waals surface area contributed by atoms with Crippen LogP contribution in [0, 0.1) is 0 Å². The Balaban J connectivity index is 1.54. The van der Waals surface area contributed by atoms with E-state index in [1.165, 1.54) is 0 Å². The molecule has 0 bridgehead atoms. The predicted octanol–water partition coefficient (Wildman–Crippen LogP) is 4.06. The highest BCUT2D eigenvalue weighted by Gasteiger charge is 2.21. The number of imidazole rings is 1. The van der Waals surface area contributed by atoms with Crippen molar-refractivity contribution in [3.8, 4) is 11.4 Å². The van der Waals surface area contributed by atoms with Gasteiger partial charge in [0.25, 0.3) is 5.91 Å². The van der Waals surface area contributed by atoms with Gasteiger partial charge in [0.1, 0.15) is 6.04 Å². The molecule has 0 saturated heterocycles. The Hall–Kier alpha value is -4.08. The first-order valence-electron chi connectivity index (χ1n) is 10.9. The number of fused-ring (bicyclic) bond motifs is 1. The first-order chi connectivity index (χ1) is 16.1. The molecular formula is C23H25N7O3. The van der Waals surface area contributed by atoms with Gasteiger partial charge in [-0.25, -0.2) is 9.78 Å². The zero-order valence-electron chi connectivity index (χ0n) is 18.2. The Labute approximate surface area is 190 Å². The minimum Gasteiger partial charge on any atom is -0.480 e. The van der Waals surface area contributed by atoms with E-state index < -0.39 is 12.0 Å². The fourth-order valence-electron chi connectivity index (χ4n) is 3.85. The van der Waals surface area contributed by atoms with Crippen LogP contribution in [0.4, 0.5) is 5.69 Å². The molecule has 1 unspecified atom stereocenters. The van der Waals surface area contributed by atoms with Crippen LogP contribution in [-0.2, 0) is 4.79 Å². The number of anilines is 1. The molecule has 2 heterocycles. The standard InChI is InChI=1S/C23H25N7O3/c1-2-3-4-5-10-20(23(32)33)30-14-24-18-13-15(11-12-19(18)30)25-22(31)17-9-7-6-8-16(17)21-26-28-29-27-21/h6-9,11-14,20H,2-5,10H2,1H3,(H,25,31)(H,32,33)(H,26,27,28,29). The van der Waals surface area contributed by atoms with Crippen molar-refractivity contribution in [1.29, 1.82) is 0 Å². The molecule has 4 rings (SSSR count).